The molecule has 0 unspecified atom stereocenters. The number of nitrogens with one attached hydrogen (secondary N) is 2. The molecule has 1 aromatic heterocycles. The Balaban J connectivity index is 2.09. The lowest BCUT2D eigenvalue weighted by molar-refractivity contribution is -0.136. The zero-order valence-corrected chi connectivity index (χ0v) is 13.9. The molecular weight excluding hydrogens is 331 g/mol. The van der Waals surface area contributed by atoms with Gasteiger partial charge in [-0.1, -0.05) is 31.9 Å². The van der Waals surface area contributed by atoms with Crippen LogP contribution in [-0.4, -0.2) is 17.4 Å². The van der Waals surface area contributed by atoms with E-state index in [1.54, 1.807) is 12.3 Å². The SMILES string of the molecule is CCCCCNc1cncc(C(=O)Nc2ccccc2C(F)(F)F)c1. The van der Waals surface area contributed by atoms with E-state index in [0.29, 0.717) is 5.69 Å². The van der Waals surface area contributed by atoms with Crippen molar-refractivity contribution in [3.05, 3.63) is 53.9 Å². The Labute approximate surface area is 144 Å². The smallest absolute Gasteiger partial charge is 0.384 e. The summed E-state index contributed by atoms with van der Waals surface area (Å²) in [7, 11) is 0. The van der Waals surface area contributed by atoms with E-state index in [0.717, 1.165) is 31.9 Å². The van der Waals surface area contributed by atoms with E-state index in [1.165, 1.54) is 24.4 Å². The van der Waals surface area contributed by atoms with Gasteiger partial charge < -0.3 is 10.6 Å². The number of amides is 1. The average molecular weight is 351 g/mol. The number of alkyl halides is 3. The molecule has 1 aromatic carbocycles. The summed E-state index contributed by atoms with van der Waals surface area (Å²) in [4.78, 5) is 16.2. The van der Waals surface area contributed by atoms with Crippen molar-refractivity contribution in [3.63, 3.8) is 0 Å². The molecule has 0 aliphatic rings. The van der Waals surface area contributed by atoms with Gasteiger partial charge in [0, 0.05) is 18.9 Å². The lowest BCUT2D eigenvalue weighted by Crippen LogP contribution is -2.17. The number of anilines is 2. The van der Waals surface area contributed by atoms with E-state index in [1.807, 2.05) is 0 Å². The molecular formula is C18H20F3N3O. The third kappa shape index (κ3) is 5.48. The molecule has 4 nitrogen and oxygen atoms in total. The number of benzene rings is 1. The fourth-order valence-corrected chi connectivity index (χ4v) is 2.30. The third-order valence-corrected chi connectivity index (χ3v) is 3.59. The van der Waals surface area contributed by atoms with Crippen LogP contribution in [0.2, 0.25) is 0 Å². The van der Waals surface area contributed by atoms with Crippen LogP contribution in [0, 0.1) is 0 Å². The number of halogens is 3. The minimum absolute atomic E-state index is 0.192. The molecule has 0 saturated heterocycles. The van der Waals surface area contributed by atoms with Crippen LogP contribution >= 0.6 is 0 Å². The molecule has 2 aromatic rings. The second-order valence-electron chi connectivity index (χ2n) is 5.59. The van der Waals surface area contributed by atoms with Crippen molar-refractivity contribution in [1.82, 2.24) is 4.98 Å². The molecule has 0 aliphatic heterocycles. The van der Waals surface area contributed by atoms with Gasteiger partial charge in [0.15, 0.2) is 0 Å². The number of para-hydroxylation sites is 1. The minimum Gasteiger partial charge on any atom is -0.384 e. The van der Waals surface area contributed by atoms with E-state index in [-0.39, 0.29) is 11.3 Å². The maximum Gasteiger partial charge on any atom is 0.418 e. The summed E-state index contributed by atoms with van der Waals surface area (Å²) in [5, 5.41) is 5.46. The molecule has 1 heterocycles. The van der Waals surface area contributed by atoms with Crippen molar-refractivity contribution in [1.29, 1.82) is 0 Å². The summed E-state index contributed by atoms with van der Waals surface area (Å²) in [5.74, 6) is -0.638. The Morgan fingerprint density at radius 3 is 2.64 bits per heavy atom. The topological polar surface area (TPSA) is 54.0 Å². The molecule has 0 spiro atoms. The molecule has 0 saturated carbocycles. The summed E-state index contributed by atoms with van der Waals surface area (Å²) < 4.78 is 39.0. The summed E-state index contributed by atoms with van der Waals surface area (Å²) in [6, 6.07) is 6.45. The van der Waals surface area contributed by atoms with E-state index in [2.05, 4.69) is 22.5 Å². The maximum absolute atomic E-state index is 13.0. The minimum atomic E-state index is -4.54. The highest BCUT2D eigenvalue weighted by Crippen LogP contribution is 2.34. The summed E-state index contributed by atoms with van der Waals surface area (Å²) in [6.07, 6.45) is 1.54. The summed E-state index contributed by atoms with van der Waals surface area (Å²) in [5.41, 5.74) is -0.309. The number of carbonyl (C=O) groups excluding carboxylic acids is 1. The van der Waals surface area contributed by atoms with Crippen molar-refractivity contribution in [2.24, 2.45) is 0 Å². The van der Waals surface area contributed by atoms with E-state index >= 15 is 0 Å². The van der Waals surface area contributed by atoms with Crippen molar-refractivity contribution in [3.8, 4) is 0 Å². The van der Waals surface area contributed by atoms with Crippen LogP contribution in [0.25, 0.3) is 0 Å². The number of nitrogens with zero attached hydrogens (tertiary/aromatic N) is 1. The van der Waals surface area contributed by atoms with Gasteiger partial charge in [-0.15, -0.1) is 0 Å². The number of hydrogen-bond acceptors (Lipinski definition) is 3. The Morgan fingerprint density at radius 1 is 1.16 bits per heavy atom. The van der Waals surface area contributed by atoms with Crippen LogP contribution in [0.4, 0.5) is 24.5 Å². The molecule has 0 aliphatic carbocycles. The number of rotatable bonds is 7. The normalized spacial score (nSPS) is 11.2. The first-order chi connectivity index (χ1) is 11.9. The van der Waals surface area contributed by atoms with Gasteiger partial charge in [0.1, 0.15) is 0 Å². The molecule has 0 bridgehead atoms. The van der Waals surface area contributed by atoms with Crippen molar-refractivity contribution >= 4 is 17.3 Å². The number of hydrogen-bond donors (Lipinski definition) is 2. The first kappa shape index (κ1) is 18.8. The van der Waals surface area contributed by atoms with E-state index in [9.17, 15) is 18.0 Å². The van der Waals surface area contributed by atoms with Crippen LogP contribution in [-0.2, 0) is 6.18 Å². The van der Waals surface area contributed by atoms with Gasteiger partial charge in [-0.25, -0.2) is 0 Å². The molecule has 134 valence electrons. The number of carbonyl (C=O) groups is 1. The van der Waals surface area contributed by atoms with Crippen molar-refractivity contribution < 1.29 is 18.0 Å². The lowest BCUT2D eigenvalue weighted by atomic mass is 10.1. The average Bonchev–Trinajstić information content (AvgIpc) is 2.58. The first-order valence-electron chi connectivity index (χ1n) is 8.08. The van der Waals surface area contributed by atoms with Gasteiger partial charge in [0.2, 0.25) is 0 Å². The van der Waals surface area contributed by atoms with Gasteiger partial charge in [-0.3, -0.25) is 9.78 Å². The Hall–Kier alpha value is -2.57. The second kappa shape index (κ2) is 8.50. The molecule has 0 atom stereocenters. The van der Waals surface area contributed by atoms with Gasteiger partial charge in [0.05, 0.1) is 22.5 Å². The van der Waals surface area contributed by atoms with Gasteiger partial charge >= 0.3 is 6.18 Å². The van der Waals surface area contributed by atoms with Crippen molar-refractivity contribution in [2.45, 2.75) is 32.4 Å². The molecule has 0 fully saturated rings. The zero-order valence-electron chi connectivity index (χ0n) is 13.9. The predicted octanol–water partition coefficient (Wildman–Crippen LogP) is 4.95. The fraction of sp³-hybridized carbons (Fsp3) is 0.333. The maximum atomic E-state index is 13.0. The van der Waals surface area contributed by atoms with Gasteiger partial charge in [-0.05, 0) is 24.6 Å². The second-order valence-corrected chi connectivity index (χ2v) is 5.59. The molecule has 7 heteroatoms. The number of pyridine rings is 1. The third-order valence-electron chi connectivity index (χ3n) is 3.59. The molecule has 2 N–H and O–H groups in total. The van der Waals surface area contributed by atoms with Crippen LogP contribution in [0.5, 0.6) is 0 Å². The molecule has 0 radical (unpaired) electrons. The zero-order chi connectivity index (χ0) is 18.3. The van der Waals surface area contributed by atoms with Crippen LogP contribution in [0.1, 0.15) is 42.1 Å². The molecule has 25 heavy (non-hydrogen) atoms. The number of unbranched alkanes of at least 4 members (excludes halogenated alkanes) is 2. The monoisotopic (exact) mass is 351 g/mol. The lowest BCUT2D eigenvalue weighted by Gasteiger charge is -2.13. The van der Waals surface area contributed by atoms with Crippen LogP contribution in [0.15, 0.2) is 42.7 Å². The Morgan fingerprint density at radius 2 is 1.92 bits per heavy atom. The number of aromatic nitrogens is 1. The van der Waals surface area contributed by atoms with Crippen LogP contribution < -0.4 is 10.6 Å². The standard InChI is InChI=1S/C18H20F3N3O/c1-2-3-6-9-23-14-10-13(11-22-12-14)17(25)24-16-8-5-4-7-15(16)18(19,20)21/h4-5,7-8,10-12,23H,2-3,6,9H2,1H3,(H,24,25). The predicted molar refractivity (Wildman–Crippen MR) is 91.6 cm³/mol. The highest BCUT2D eigenvalue weighted by atomic mass is 19.4. The Kier molecular flexibility index (Phi) is 6.38. The summed E-state index contributed by atoms with van der Waals surface area (Å²) in [6.45, 7) is 2.85. The van der Waals surface area contributed by atoms with Gasteiger partial charge in [0.25, 0.3) is 5.91 Å². The largest absolute Gasteiger partial charge is 0.418 e. The first-order valence-corrected chi connectivity index (χ1v) is 8.08. The molecule has 2 rings (SSSR count). The molecule has 1 amide bonds. The summed E-state index contributed by atoms with van der Waals surface area (Å²) >= 11 is 0. The highest BCUT2D eigenvalue weighted by molar-refractivity contribution is 6.05. The van der Waals surface area contributed by atoms with E-state index < -0.39 is 17.6 Å². The Bertz CT molecular complexity index is 717. The van der Waals surface area contributed by atoms with E-state index in [4.69, 9.17) is 0 Å². The fourth-order valence-electron chi connectivity index (χ4n) is 2.30. The quantitative estimate of drug-likeness (QED) is 0.694. The van der Waals surface area contributed by atoms with Gasteiger partial charge in [-0.2, -0.15) is 13.2 Å². The highest BCUT2D eigenvalue weighted by Gasteiger charge is 2.33. The van der Waals surface area contributed by atoms with Crippen LogP contribution in [0.3, 0.4) is 0 Å². The van der Waals surface area contributed by atoms with Crippen molar-refractivity contribution in [2.75, 3.05) is 17.2 Å².